The van der Waals surface area contributed by atoms with Gasteiger partial charge in [-0.25, -0.2) is 0 Å². The lowest BCUT2D eigenvalue weighted by atomic mass is 9.97. The molecule has 6 heteroatoms. The fourth-order valence-corrected chi connectivity index (χ4v) is 1.95. The fraction of sp³-hybridized carbons (Fsp3) is 0.600. The monoisotopic (exact) mass is 365 g/mol. The Kier molecular flexibility index (Phi) is 7.21. The highest BCUT2D eigenvalue weighted by molar-refractivity contribution is 5.78. The van der Waals surface area contributed by atoms with Crippen LogP contribution in [0, 0.1) is 10.8 Å². The number of hydrogen-bond acceptors (Lipinski definition) is 6. The van der Waals surface area contributed by atoms with E-state index in [1.807, 2.05) is 0 Å². The SMILES string of the molecule is CNCC(OC(=O)C(C)(C)C)c1ccc(OC)c(OC(=O)C(C)(C)C)c1. The lowest BCUT2D eigenvalue weighted by Gasteiger charge is -2.24. The predicted octanol–water partition coefficient (Wildman–Crippen LogP) is 3.50. The Balaban J connectivity index is 3.18. The van der Waals surface area contributed by atoms with Crippen molar-refractivity contribution < 1.29 is 23.8 Å². The number of nitrogens with one attached hydrogen (secondary N) is 1. The average Bonchev–Trinajstić information content (AvgIpc) is 2.52. The van der Waals surface area contributed by atoms with Crippen LogP contribution in [0.25, 0.3) is 0 Å². The Morgan fingerprint density at radius 2 is 1.58 bits per heavy atom. The summed E-state index contributed by atoms with van der Waals surface area (Å²) in [5, 5.41) is 3.02. The molecule has 6 nitrogen and oxygen atoms in total. The van der Waals surface area contributed by atoms with Crippen molar-refractivity contribution in [3.63, 3.8) is 0 Å². The minimum atomic E-state index is -0.649. The molecule has 26 heavy (non-hydrogen) atoms. The van der Waals surface area contributed by atoms with Crippen LogP contribution < -0.4 is 14.8 Å². The molecule has 146 valence electrons. The van der Waals surface area contributed by atoms with E-state index in [-0.39, 0.29) is 11.9 Å². The molecule has 0 radical (unpaired) electrons. The number of methoxy groups -OCH3 is 1. The first-order valence-electron chi connectivity index (χ1n) is 8.66. The highest BCUT2D eigenvalue weighted by atomic mass is 16.6. The maximum absolute atomic E-state index is 12.3. The third-order valence-electron chi connectivity index (χ3n) is 3.63. The van der Waals surface area contributed by atoms with E-state index in [1.165, 1.54) is 7.11 Å². The Bertz CT molecular complexity index is 641. The molecule has 1 aromatic rings. The van der Waals surface area contributed by atoms with Crippen molar-refractivity contribution in [2.45, 2.75) is 47.6 Å². The lowest BCUT2D eigenvalue weighted by Crippen LogP contribution is -2.29. The van der Waals surface area contributed by atoms with E-state index in [2.05, 4.69) is 5.32 Å². The molecule has 0 heterocycles. The topological polar surface area (TPSA) is 73.9 Å². The van der Waals surface area contributed by atoms with E-state index in [0.29, 0.717) is 18.0 Å². The van der Waals surface area contributed by atoms with Crippen molar-refractivity contribution in [1.29, 1.82) is 0 Å². The third kappa shape index (κ3) is 6.02. The van der Waals surface area contributed by atoms with Gasteiger partial charge in [0.2, 0.25) is 0 Å². The maximum atomic E-state index is 12.3. The van der Waals surface area contributed by atoms with Crippen LogP contribution in [0.4, 0.5) is 0 Å². The standard InChI is InChI=1S/C20H31NO5/c1-19(2,3)17(22)25-15-11-13(9-10-14(15)24-8)16(12-21-7)26-18(23)20(4,5)6/h9-11,16,21H,12H2,1-8H3. The largest absolute Gasteiger partial charge is 0.493 e. The Labute approximate surface area is 156 Å². The zero-order valence-electron chi connectivity index (χ0n) is 17.1. The van der Waals surface area contributed by atoms with Crippen LogP contribution in [0.1, 0.15) is 53.2 Å². The molecule has 1 rings (SSSR count). The first kappa shape index (κ1) is 22.0. The van der Waals surface area contributed by atoms with Gasteiger partial charge >= 0.3 is 11.9 Å². The number of esters is 2. The summed E-state index contributed by atoms with van der Waals surface area (Å²) in [5.41, 5.74) is -0.543. The zero-order chi connectivity index (χ0) is 20.1. The van der Waals surface area contributed by atoms with Crippen molar-refractivity contribution in [1.82, 2.24) is 5.32 Å². The molecule has 0 fully saturated rings. The van der Waals surface area contributed by atoms with Crippen LogP contribution in [-0.4, -0.2) is 32.6 Å². The molecule has 1 aromatic carbocycles. The van der Waals surface area contributed by atoms with Crippen molar-refractivity contribution in [2.24, 2.45) is 10.8 Å². The summed E-state index contributed by atoms with van der Waals surface area (Å²) in [6, 6.07) is 5.18. The number of benzene rings is 1. The van der Waals surface area contributed by atoms with Crippen LogP contribution in [0.2, 0.25) is 0 Å². The van der Waals surface area contributed by atoms with Crippen LogP contribution in [-0.2, 0) is 14.3 Å². The van der Waals surface area contributed by atoms with E-state index in [4.69, 9.17) is 14.2 Å². The summed E-state index contributed by atoms with van der Waals surface area (Å²) < 4.78 is 16.5. The zero-order valence-corrected chi connectivity index (χ0v) is 17.1. The summed E-state index contributed by atoms with van der Waals surface area (Å²) in [5.74, 6) is 0.0705. The van der Waals surface area contributed by atoms with E-state index in [0.717, 1.165) is 5.56 Å². The van der Waals surface area contributed by atoms with Crippen molar-refractivity contribution >= 4 is 11.9 Å². The van der Waals surface area contributed by atoms with Gasteiger partial charge in [0.25, 0.3) is 0 Å². The van der Waals surface area contributed by atoms with Gasteiger partial charge in [0.05, 0.1) is 17.9 Å². The molecule has 0 aliphatic heterocycles. The minimum Gasteiger partial charge on any atom is -0.493 e. The number of carbonyl (C=O) groups is 2. The number of hydrogen-bond donors (Lipinski definition) is 1. The van der Waals surface area contributed by atoms with Gasteiger partial charge < -0.3 is 19.5 Å². The number of rotatable bonds is 6. The second-order valence-electron chi connectivity index (χ2n) is 8.25. The van der Waals surface area contributed by atoms with Gasteiger partial charge in [-0.2, -0.15) is 0 Å². The number of ether oxygens (including phenoxy) is 3. The maximum Gasteiger partial charge on any atom is 0.316 e. The third-order valence-corrected chi connectivity index (χ3v) is 3.63. The molecule has 1 unspecified atom stereocenters. The van der Waals surface area contributed by atoms with Gasteiger partial charge in [-0.05, 0) is 66.3 Å². The molecule has 0 bridgehead atoms. The van der Waals surface area contributed by atoms with E-state index >= 15 is 0 Å². The quantitative estimate of drug-likeness (QED) is 0.614. The molecule has 0 saturated heterocycles. The normalized spacial score (nSPS) is 13.1. The smallest absolute Gasteiger partial charge is 0.316 e. The van der Waals surface area contributed by atoms with Crippen LogP contribution in [0.5, 0.6) is 11.5 Å². The van der Waals surface area contributed by atoms with Crippen molar-refractivity contribution in [3.8, 4) is 11.5 Å². The molecule has 0 spiro atoms. The first-order valence-corrected chi connectivity index (χ1v) is 8.66. The molecule has 0 aliphatic rings. The van der Waals surface area contributed by atoms with E-state index in [1.54, 1.807) is 66.8 Å². The van der Waals surface area contributed by atoms with Gasteiger partial charge in [-0.3, -0.25) is 9.59 Å². The van der Waals surface area contributed by atoms with Gasteiger partial charge in [-0.15, -0.1) is 0 Å². The molecular formula is C20H31NO5. The predicted molar refractivity (Wildman–Crippen MR) is 100 cm³/mol. The molecule has 1 N–H and O–H groups in total. The van der Waals surface area contributed by atoms with Gasteiger partial charge in [0.15, 0.2) is 11.5 Å². The van der Waals surface area contributed by atoms with Crippen LogP contribution in [0.3, 0.4) is 0 Å². The summed E-state index contributed by atoms with van der Waals surface area (Å²) in [6.45, 7) is 11.2. The Morgan fingerprint density at radius 3 is 2.04 bits per heavy atom. The number of carbonyl (C=O) groups excluding carboxylic acids is 2. The summed E-state index contributed by atoms with van der Waals surface area (Å²) in [4.78, 5) is 24.5. The van der Waals surface area contributed by atoms with Crippen molar-refractivity contribution in [2.75, 3.05) is 20.7 Å². The van der Waals surface area contributed by atoms with Gasteiger partial charge in [0, 0.05) is 6.54 Å². The molecule has 0 saturated carbocycles. The van der Waals surface area contributed by atoms with Crippen LogP contribution in [0.15, 0.2) is 18.2 Å². The Morgan fingerprint density at radius 1 is 1.00 bits per heavy atom. The highest BCUT2D eigenvalue weighted by Gasteiger charge is 2.28. The summed E-state index contributed by atoms with van der Waals surface area (Å²) in [6.07, 6.45) is -0.510. The molecule has 0 amide bonds. The molecule has 1 atom stereocenters. The minimum absolute atomic E-state index is 0.304. The van der Waals surface area contributed by atoms with E-state index in [9.17, 15) is 9.59 Å². The van der Waals surface area contributed by atoms with Gasteiger partial charge in [-0.1, -0.05) is 6.07 Å². The number of likely N-dealkylation sites (N-methyl/N-ethyl adjacent to an activating group) is 1. The highest BCUT2D eigenvalue weighted by Crippen LogP contribution is 2.33. The summed E-state index contributed by atoms with van der Waals surface area (Å²) in [7, 11) is 3.29. The molecule has 0 aliphatic carbocycles. The average molecular weight is 365 g/mol. The first-order chi connectivity index (χ1) is 11.9. The van der Waals surface area contributed by atoms with Crippen LogP contribution >= 0.6 is 0 Å². The Hall–Kier alpha value is -2.08. The summed E-state index contributed by atoms with van der Waals surface area (Å²) >= 11 is 0. The molecule has 0 aromatic heterocycles. The van der Waals surface area contributed by atoms with Gasteiger partial charge in [0.1, 0.15) is 6.10 Å². The lowest BCUT2D eigenvalue weighted by molar-refractivity contribution is -0.158. The second-order valence-corrected chi connectivity index (χ2v) is 8.25. The fourth-order valence-electron chi connectivity index (χ4n) is 1.95. The molecular weight excluding hydrogens is 334 g/mol. The van der Waals surface area contributed by atoms with Crippen molar-refractivity contribution in [3.05, 3.63) is 23.8 Å². The van der Waals surface area contributed by atoms with E-state index < -0.39 is 16.9 Å². The second kappa shape index (κ2) is 8.54.